The van der Waals surface area contributed by atoms with Crippen molar-refractivity contribution in [3.8, 4) is 22.3 Å². The molecular weight excluding hydrogens is 412 g/mol. The quantitative estimate of drug-likeness (QED) is 0.357. The van der Waals surface area contributed by atoms with E-state index in [2.05, 4.69) is 127 Å². The molecule has 0 bridgehead atoms. The first-order valence-corrected chi connectivity index (χ1v) is 11.6. The monoisotopic (exact) mass is 436 g/mol. The smallest absolute Gasteiger partial charge is 0.134 e. The number of allylic oxidation sites excluding steroid dienone is 2. The predicted molar refractivity (Wildman–Crippen MR) is 142 cm³/mol. The predicted octanol–water partition coefficient (Wildman–Crippen LogP) is 7.28. The van der Waals surface area contributed by atoms with Crippen molar-refractivity contribution < 1.29 is 0 Å². The van der Waals surface area contributed by atoms with E-state index in [1.54, 1.807) is 0 Å². The maximum Gasteiger partial charge on any atom is 0.134 e. The summed E-state index contributed by atoms with van der Waals surface area (Å²) < 4.78 is 0. The Morgan fingerprint density at radius 2 is 1.00 bits per heavy atom. The van der Waals surface area contributed by atoms with Gasteiger partial charge in [-0.1, -0.05) is 133 Å². The fourth-order valence-corrected chi connectivity index (χ4v) is 4.53. The van der Waals surface area contributed by atoms with Gasteiger partial charge in [0.1, 0.15) is 5.84 Å². The van der Waals surface area contributed by atoms with E-state index in [1.165, 1.54) is 27.8 Å². The summed E-state index contributed by atoms with van der Waals surface area (Å²) in [4.78, 5) is 5.11. The second kappa shape index (κ2) is 8.84. The van der Waals surface area contributed by atoms with Gasteiger partial charge in [0.15, 0.2) is 0 Å². The molecule has 1 unspecified atom stereocenters. The van der Waals surface area contributed by atoms with Gasteiger partial charge in [0.05, 0.1) is 11.7 Å². The van der Waals surface area contributed by atoms with Crippen LogP contribution in [-0.2, 0) is 0 Å². The highest BCUT2D eigenvalue weighted by molar-refractivity contribution is 6.04. The molecule has 4 aromatic rings. The van der Waals surface area contributed by atoms with Crippen LogP contribution in [0.1, 0.15) is 11.1 Å². The second-order valence-electron chi connectivity index (χ2n) is 8.52. The lowest BCUT2D eigenvalue weighted by molar-refractivity contribution is 0.830. The molecule has 0 fully saturated rings. The van der Waals surface area contributed by atoms with Crippen molar-refractivity contribution in [2.24, 2.45) is 4.99 Å². The first kappa shape index (κ1) is 20.2. The lowest BCUT2D eigenvalue weighted by Crippen LogP contribution is -2.39. The summed E-state index contributed by atoms with van der Waals surface area (Å²) in [5.41, 5.74) is 9.27. The maximum absolute atomic E-state index is 5.11. The van der Waals surface area contributed by atoms with Gasteiger partial charge in [-0.25, -0.2) is 4.99 Å². The molecule has 0 saturated carbocycles. The molecule has 4 aromatic carbocycles. The Kier molecular flexibility index (Phi) is 5.25. The van der Waals surface area contributed by atoms with Crippen LogP contribution >= 0.6 is 0 Å². The molecule has 2 nitrogen and oxygen atoms in total. The molecule has 2 aliphatic rings. The lowest BCUT2D eigenvalue weighted by Gasteiger charge is -2.28. The van der Waals surface area contributed by atoms with Crippen molar-refractivity contribution >= 4 is 11.5 Å². The molecule has 1 N–H and O–H groups in total. The zero-order valence-corrected chi connectivity index (χ0v) is 18.7. The number of amidine groups is 1. The number of hydrogen-bond acceptors (Lipinski definition) is 2. The molecule has 2 heteroatoms. The molecule has 0 saturated heterocycles. The number of rotatable bonds is 4. The van der Waals surface area contributed by atoms with Crippen molar-refractivity contribution in [3.05, 3.63) is 150 Å². The summed E-state index contributed by atoms with van der Waals surface area (Å²) in [6.07, 6.45) is 8.54. The van der Waals surface area contributed by atoms with E-state index in [9.17, 15) is 0 Å². The van der Waals surface area contributed by atoms with Crippen LogP contribution in [0.4, 0.5) is 0 Å². The van der Waals surface area contributed by atoms with E-state index in [0.717, 1.165) is 22.7 Å². The summed E-state index contributed by atoms with van der Waals surface area (Å²) in [5.74, 6) is 0.899. The van der Waals surface area contributed by atoms with Crippen molar-refractivity contribution in [1.82, 2.24) is 5.32 Å². The average molecular weight is 437 g/mol. The molecule has 162 valence electrons. The third-order valence-corrected chi connectivity index (χ3v) is 6.35. The van der Waals surface area contributed by atoms with E-state index < -0.39 is 0 Å². The van der Waals surface area contributed by atoms with Crippen LogP contribution in [0, 0.1) is 0 Å². The number of hydrogen-bond donors (Lipinski definition) is 1. The van der Waals surface area contributed by atoms with E-state index in [-0.39, 0.29) is 6.04 Å². The minimum absolute atomic E-state index is 0.107. The Morgan fingerprint density at radius 1 is 0.500 bits per heavy atom. The van der Waals surface area contributed by atoms with Crippen molar-refractivity contribution in [2.75, 3.05) is 0 Å². The standard InChI is InChI=1S/C32H24N2/c1-3-9-23(10-4-1)25-15-19-27(20-16-25)31-29-13-7-8-14-30(29)33-32(34-31)28-21-17-26(18-22-28)24-11-5-2-6-12-24/h1-22,30H,(H,33,34). The minimum Gasteiger partial charge on any atom is -0.359 e. The molecule has 0 amide bonds. The molecule has 0 radical (unpaired) electrons. The highest BCUT2D eigenvalue weighted by Gasteiger charge is 2.24. The number of aliphatic imine (C=N–C) groups is 1. The third-order valence-electron chi connectivity index (χ3n) is 6.35. The van der Waals surface area contributed by atoms with Crippen molar-refractivity contribution in [3.63, 3.8) is 0 Å². The van der Waals surface area contributed by atoms with Gasteiger partial charge in [0.2, 0.25) is 0 Å². The molecule has 1 aliphatic heterocycles. The minimum atomic E-state index is 0.107. The van der Waals surface area contributed by atoms with E-state index in [1.807, 2.05) is 12.1 Å². The average Bonchev–Trinajstić information content (AvgIpc) is 2.94. The van der Waals surface area contributed by atoms with Gasteiger partial charge >= 0.3 is 0 Å². The Labute approximate surface area is 200 Å². The first-order valence-electron chi connectivity index (χ1n) is 11.6. The van der Waals surface area contributed by atoms with Gasteiger partial charge in [-0.15, -0.1) is 0 Å². The Hall–Kier alpha value is -4.43. The van der Waals surface area contributed by atoms with Gasteiger partial charge in [-0.05, 0) is 22.3 Å². The topological polar surface area (TPSA) is 24.4 Å². The number of benzene rings is 4. The lowest BCUT2D eigenvalue weighted by atomic mass is 9.93. The van der Waals surface area contributed by atoms with Crippen molar-refractivity contribution in [2.45, 2.75) is 6.04 Å². The highest BCUT2D eigenvalue weighted by atomic mass is 15.1. The number of fused-ring (bicyclic) bond motifs is 1. The maximum atomic E-state index is 5.11. The third kappa shape index (κ3) is 3.91. The molecule has 1 heterocycles. The van der Waals surface area contributed by atoms with Crippen LogP contribution in [0.2, 0.25) is 0 Å². The number of nitrogens with one attached hydrogen (secondary N) is 1. The summed E-state index contributed by atoms with van der Waals surface area (Å²) in [6.45, 7) is 0. The summed E-state index contributed by atoms with van der Waals surface area (Å²) in [6, 6.07) is 38.4. The van der Waals surface area contributed by atoms with Gasteiger partial charge < -0.3 is 5.32 Å². The summed E-state index contributed by atoms with van der Waals surface area (Å²) in [7, 11) is 0. The normalized spacial score (nSPS) is 16.6. The summed E-state index contributed by atoms with van der Waals surface area (Å²) in [5, 5.41) is 3.62. The van der Waals surface area contributed by atoms with Crippen LogP contribution < -0.4 is 5.32 Å². The molecular formula is C32H24N2. The van der Waals surface area contributed by atoms with E-state index in [4.69, 9.17) is 4.99 Å². The SMILES string of the molecule is C1=CC2=C(c3ccc(-c4ccccc4)cc3)N=C(c3ccc(-c4ccccc4)cc3)NC2C=C1. The second-order valence-corrected chi connectivity index (χ2v) is 8.52. The molecule has 34 heavy (non-hydrogen) atoms. The van der Waals surface area contributed by atoms with Gasteiger partial charge in [0, 0.05) is 16.7 Å². The van der Waals surface area contributed by atoms with Crippen LogP contribution in [0.15, 0.2) is 144 Å². The molecule has 1 aliphatic carbocycles. The Balaban J connectivity index is 1.36. The van der Waals surface area contributed by atoms with E-state index in [0.29, 0.717) is 0 Å². The molecule has 6 rings (SSSR count). The van der Waals surface area contributed by atoms with Crippen LogP contribution in [0.3, 0.4) is 0 Å². The fraction of sp³-hybridized carbons (Fsp3) is 0.0312. The first-order chi connectivity index (χ1) is 16.8. The largest absolute Gasteiger partial charge is 0.359 e. The van der Waals surface area contributed by atoms with Crippen LogP contribution in [0.5, 0.6) is 0 Å². The molecule has 0 aromatic heterocycles. The van der Waals surface area contributed by atoms with Crippen molar-refractivity contribution in [1.29, 1.82) is 0 Å². The fourth-order valence-electron chi connectivity index (χ4n) is 4.53. The Morgan fingerprint density at radius 3 is 1.59 bits per heavy atom. The van der Waals surface area contributed by atoms with Crippen LogP contribution in [-0.4, -0.2) is 11.9 Å². The zero-order chi connectivity index (χ0) is 22.7. The summed E-state index contributed by atoms with van der Waals surface area (Å²) >= 11 is 0. The van der Waals surface area contributed by atoms with Gasteiger partial charge in [0.25, 0.3) is 0 Å². The molecule has 1 atom stereocenters. The Bertz CT molecular complexity index is 1420. The molecule has 0 spiro atoms. The van der Waals surface area contributed by atoms with Gasteiger partial charge in [-0.3, -0.25) is 0 Å². The van der Waals surface area contributed by atoms with Gasteiger partial charge in [-0.2, -0.15) is 0 Å². The van der Waals surface area contributed by atoms with E-state index >= 15 is 0 Å². The number of nitrogens with zero attached hydrogens (tertiary/aromatic N) is 1. The van der Waals surface area contributed by atoms with Crippen LogP contribution in [0.25, 0.3) is 28.0 Å². The zero-order valence-electron chi connectivity index (χ0n) is 18.7. The highest BCUT2D eigenvalue weighted by Crippen LogP contribution is 2.31.